The van der Waals surface area contributed by atoms with Gasteiger partial charge in [-0.05, 0) is 38.0 Å². The smallest absolute Gasteiger partial charge is 0.319 e. The van der Waals surface area contributed by atoms with E-state index in [1.165, 1.54) is 19.3 Å². The van der Waals surface area contributed by atoms with Crippen molar-refractivity contribution < 1.29 is 4.79 Å². The Hall–Kier alpha value is -2.04. The molecule has 1 aliphatic carbocycles. The maximum atomic E-state index is 12.0. The molecule has 0 saturated heterocycles. The predicted molar refractivity (Wildman–Crippen MR) is 79.9 cm³/mol. The highest BCUT2D eigenvalue weighted by Gasteiger charge is 2.15. The molecule has 0 unspecified atom stereocenters. The van der Waals surface area contributed by atoms with Crippen LogP contribution in [0.2, 0.25) is 0 Å². The SMILES string of the molecule is Cc1nc2ccc(NC(=O)NC3CCCCC3)cc2[nH]1. The average Bonchev–Trinajstić information content (AvgIpc) is 2.79. The zero-order valence-electron chi connectivity index (χ0n) is 11.7. The standard InChI is InChI=1S/C15H20N4O/c1-10-16-13-8-7-12(9-14(13)17-10)19-15(20)18-11-5-3-2-4-6-11/h7-9,11H,2-6H2,1H3,(H,16,17)(H2,18,19,20). The fraction of sp³-hybridized carbons (Fsp3) is 0.467. The minimum atomic E-state index is -0.118. The summed E-state index contributed by atoms with van der Waals surface area (Å²) in [6.07, 6.45) is 5.89. The van der Waals surface area contributed by atoms with Crippen molar-refractivity contribution in [2.45, 2.75) is 45.1 Å². The van der Waals surface area contributed by atoms with Crippen LogP contribution in [0.25, 0.3) is 11.0 Å². The molecule has 106 valence electrons. The molecule has 1 saturated carbocycles. The van der Waals surface area contributed by atoms with Crippen molar-refractivity contribution in [1.29, 1.82) is 0 Å². The summed E-state index contributed by atoms with van der Waals surface area (Å²) in [7, 11) is 0. The number of carbonyl (C=O) groups is 1. The summed E-state index contributed by atoms with van der Waals surface area (Å²) in [5.41, 5.74) is 2.65. The van der Waals surface area contributed by atoms with Gasteiger partial charge >= 0.3 is 6.03 Å². The van der Waals surface area contributed by atoms with Crippen molar-refractivity contribution in [3.8, 4) is 0 Å². The van der Waals surface area contributed by atoms with Crippen molar-refractivity contribution in [2.24, 2.45) is 0 Å². The number of benzene rings is 1. The monoisotopic (exact) mass is 272 g/mol. The first kappa shape index (κ1) is 13.0. The van der Waals surface area contributed by atoms with E-state index in [-0.39, 0.29) is 6.03 Å². The number of rotatable bonds is 2. The van der Waals surface area contributed by atoms with Gasteiger partial charge in [-0.2, -0.15) is 0 Å². The number of aromatic nitrogens is 2. The zero-order valence-corrected chi connectivity index (χ0v) is 11.7. The molecule has 2 aromatic rings. The number of nitrogens with zero attached hydrogens (tertiary/aromatic N) is 1. The molecule has 0 atom stereocenters. The second kappa shape index (κ2) is 5.53. The number of H-pyrrole nitrogens is 1. The van der Waals surface area contributed by atoms with Gasteiger partial charge in [-0.3, -0.25) is 0 Å². The quantitative estimate of drug-likeness (QED) is 0.784. The molecule has 1 aliphatic rings. The zero-order chi connectivity index (χ0) is 13.9. The summed E-state index contributed by atoms with van der Waals surface area (Å²) >= 11 is 0. The summed E-state index contributed by atoms with van der Waals surface area (Å²) in [6, 6.07) is 5.91. The number of nitrogens with one attached hydrogen (secondary N) is 3. The van der Waals surface area contributed by atoms with Gasteiger partial charge in [0.2, 0.25) is 0 Å². The number of anilines is 1. The molecule has 0 radical (unpaired) electrons. The lowest BCUT2D eigenvalue weighted by atomic mass is 9.96. The number of fused-ring (bicyclic) bond motifs is 1. The first-order valence-corrected chi connectivity index (χ1v) is 7.24. The lowest BCUT2D eigenvalue weighted by Gasteiger charge is -2.22. The molecule has 1 fully saturated rings. The van der Waals surface area contributed by atoms with Gasteiger partial charge in [0.05, 0.1) is 11.0 Å². The summed E-state index contributed by atoms with van der Waals surface area (Å²) in [5.74, 6) is 0.879. The van der Waals surface area contributed by atoms with E-state index in [0.717, 1.165) is 35.4 Å². The van der Waals surface area contributed by atoms with E-state index in [0.29, 0.717) is 6.04 Å². The number of hydrogen-bond donors (Lipinski definition) is 3. The van der Waals surface area contributed by atoms with E-state index in [4.69, 9.17) is 0 Å². The Balaban J connectivity index is 1.64. The van der Waals surface area contributed by atoms with Crippen LogP contribution in [-0.2, 0) is 0 Å². The highest BCUT2D eigenvalue weighted by molar-refractivity contribution is 5.92. The van der Waals surface area contributed by atoms with Crippen LogP contribution in [0.3, 0.4) is 0 Å². The van der Waals surface area contributed by atoms with E-state index < -0.39 is 0 Å². The predicted octanol–water partition coefficient (Wildman–Crippen LogP) is 3.33. The normalized spacial score (nSPS) is 16.2. The molecule has 0 bridgehead atoms. The molecule has 0 aliphatic heterocycles. The van der Waals surface area contributed by atoms with Crippen LogP contribution in [0, 0.1) is 6.92 Å². The minimum Gasteiger partial charge on any atom is -0.342 e. The molecule has 1 heterocycles. The van der Waals surface area contributed by atoms with Crippen LogP contribution in [0.4, 0.5) is 10.5 Å². The second-order valence-corrected chi connectivity index (χ2v) is 5.49. The number of amides is 2. The van der Waals surface area contributed by atoms with Crippen LogP contribution in [0.1, 0.15) is 37.9 Å². The van der Waals surface area contributed by atoms with Crippen LogP contribution < -0.4 is 10.6 Å². The third kappa shape index (κ3) is 2.92. The van der Waals surface area contributed by atoms with E-state index in [1.807, 2.05) is 25.1 Å². The lowest BCUT2D eigenvalue weighted by molar-refractivity contribution is 0.244. The summed E-state index contributed by atoms with van der Waals surface area (Å²) in [5, 5.41) is 5.94. The maximum Gasteiger partial charge on any atom is 0.319 e. The number of carbonyl (C=O) groups excluding carboxylic acids is 1. The van der Waals surface area contributed by atoms with Gasteiger partial charge in [-0.25, -0.2) is 9.78 Å². The topological polar surface area (TPSA) is 69.8 Å². The van der Waals surface area contributed by atoms with Gasteiger partial charge in [0.15, 0.2) is 0 Å². The third-order valence-electron chi connectivity index (χ3n) is 3.80. The van der Waals surface area contributed by atoms with E-state index >= 15 is 0 Å². The van der Waals surface area contributed by atoms with Crippen molar-refractivity contribution in [3.63, 3.8) is 0 Å². The second-order valence-electron chi connectivity index (χ2n) is 5.49. The summed E-state index contributed by atoms with van der Waals surface area (Å²) in [4.78, 5) is 19.5. The molecule has 3 rings (SSSR count). The molecule has 3 N–H and O–H groups in total. The van der Waals surface area contributed by atoms with Crippen molar-refractivity contribution in [3.05, 3.63) is 24.0 Å². The van der Waals surface area contributed by atoms with Crippen molar-refractivity contribution in [2.75, 3.05) is 5.32 Å². The Labute approximate surface area is 118 Å². The van der Waals surface area contributed by atoms with Gasteiger partial charge in [0.25, 0.3) is 0 Å². The maximum absolute atomic E-state index is 12.0. The number of imidazole rings is 1. The average molecular weight is 272 g/mol. The van der Waals surface area contributed by atoms with E-state index in [9.17, 15) is 4.79 Å². The molecule has 0 spiro atoms. The largest absolute Gasteiger partial charge is 0.342 e. The van der Waals surface area contributed by atoms with Gasteiger partial charge in [0, 0.05) is 11.7 Å². The van der Waals surface area contributed by atoms with Gasteiger partial charge in [-0.15, -0.1) is 0 Å². The van der Waals surface area contributed by atoms with Crippen molar-refractivity contribution in [1.82, 2.24) is 15.3 Å². The number of hydrogen-bond acceptors (Lipinski definition) is 2. The first-order chi connectivity index (χ1) is 9.70. The van der Waals surface area contributed by atoms with Gasteiger partial charge in [0.1, 0.15) is 5.82 Å². The molecular weight excluding hydrogens is 252 g/mol. The lowest BCUT2D eigenvalue weighted by Crippen LogP contribution is -2.38. The Morgan fingerprint density at radius 2 is 2.10 bits per heavy atom. The fourth-order valence-corrected chi connectivity index (χ4v) is 2.81. The molecule has 1 aromatic carbocycles. The Morgan fingerprint density at radius 3 is 2.90 bits per heavy atom. The molecular formula is C15H20N4O. The van der Waals surface area contributed by atoms with Crippen LogP contribution in [0.15, 0.2) is 18.2 Å². The highest BCUT2D eigenvalue weighted by Crippen LogP contribution is 2.19. The van der Waals surface area contributed by atoms with Crippen LogP contribution in [-0.4, -0.2) is 22.0 Å². The fourth-order valence-electron chi connectivity index (χ4n) is 2.81. The molecule has 2 amide bonds. The van der Waals surface area contributed by atoms with Crippen LogP contribution >= 0.6 is 0 Å². The van der Waals surface area contributed by atoms with E-state index in [2.05, 4.69) is 20.6 Å². The molecule has 5 heteroatoms. The minimum absolute atomic E-state index is 0.118. The molecule has 20 heavy (non-hydrogen) atoms. The summed E-state index contributed by atoms with van der Waals surface area (Å²) in [6.45, 7) is 1.92. The molecule has 5 nitrogen and oxygen atoms in total. The Kier molecular flexibility index (Phi) is 3.58. The third-order valence-corrected chi connectivity index (χ3v) is 3.80. The Morgan fingerprint density at radius 1 is 1.30 bits per heavy atom. The summed E-state index contributed by atoms with van der Waals surface area (Å²) < 4.78 is 0. The first-order valence-electron chi connectivity index (χ1n) is 7.24. The molecule has 1 aromatic heterocycles. The number of aromatic amines is 1. The van der Waals surface area contributed by atoms with Gasteiger partial charge in [-0.1, -0.05) is 19.3 Å². The van der Waals surface area contributed by atoms with Crippen LogP contribution in [0.5, 0.6) is 0 Å². The van der Waals surface area contributed by atoms with E-state index in [1.54, 1.807) is 0 Å². The number of aryl methyl sites for hydroxylation is 1. The van der Waals surface area contributed by atoms with Gasteiger partial charge < -0.3 is 15.6 Å². The Bertz CT molecular complexity index is 613. The van der Waals surface area contributed by atoms with Crippen molar-refractivity contribution >= 4 is 22.8 Å². The highest BCUT2D eigenvalue weighted by atomic mass is 16.2. The number of urea groups is 1.